The van der Waals surface area contributed by atoms with Crippen LogP contribution in [0.15, 0.2) is 0 Å². The second-order valence-electron chi connectivity index (χ2n) is 4.42. The van der Waals surface area contributed by atoms with Gasteiger partial charge in [-0.2, -0.15) is 0 Å². The summed E-state index contributed by atoms with van der Waals surface area (Å²) in [5, 5.41) is 0. The van der Waals surface area contributed by atoms with Crippen molar-refractivity contribution >= 4 is 11.9 Å². The predicted octanol–water partition coefficient (Wildman–Crippen LogP) is -0.158. The van der Waals surface area contributed by atoms with E-state index in [1.165, 1.54) is 42.3 Å². The third-order valence-corrected chi connectivity index (χ3v) is 3.45. The Morgan fingerprint density at radius 2 is 1.10 bits per heavy atom. The molecule has 0 aromatic carbocycles. The Morgan fingerprint density at radius 3 is 1.30 bits per heavy atom. The zero-order valence-corrected chi connectivity index (χ0v) is 12.4. The normalized spacial score (nSPS) is 37.3. The van der Waals surface area contributed by atoms with Crippen LogP contribution < -0.4 is 0 Å². The van der Waals surface area contributed by atoms with Crippen molar-refractivity contribution in [2.75, 3.05) is 28.4 Å². The highest BCUT2D eigenvalue weighted by Gasteiger charge is 2.60. The first kappa shape index (κ1) is 16.8. The summed E-state index contributed by atoms with van der Waals surface area (Å²) in [5.41, 5.74) is 0. The van der Waals surface area contributed by atoms with Crippen LogP contribution in [0.3, 0.4) is 0 Å². The largest absolute Gasteiger partial charge is 0.467 e. The van der Waals surface area contributed by atoms with Gasteiger partial charge in [-0.15, -0.1) is 0 Å². The molecule has 0 spiro atoms. The molecule has 1 saturated heterocycles. The van der Waals surface area contributed by atoms with Crippen molar-refractivity contribution in [3.8, 4) is 0 Å². The lowest BCUT2D eigenvalue weighted by Gasteiger charge is -2.50. The van der Waals surface area contributed by atoms with Crippen LogP contribution in [0.2, 0.25) is 0 Å². The van der Waals surface area contributed by atoms with Gasteiger partial charge in [0.05, 0.1) is 14.2 Å². The fourth-order valence-corrected chi connectivity index (χ4v) is 1.86. The zero-order chi connectivity index (χ0) is 15.6. The molecule has 1 aliphatic heterocycles. The van der Waals surface area contributed by atoms with E-state index in [0.717, 1.165) is 0 Å². The fourth-order valence-electron chi connectivity index (χ4n) is 1.86. The summed E-state index contributed by atoms with van der Waals surface area (Å²) in [4.78, 5) is 23.5. The Labute approximate surface area is 117 Å². The lowest BCUT2D eigenvalue weighted by molar-refractivity contribution is -0.439. The van der Waals surface area contributed by atoms with Gasteiger partial charge in [0.2, 0.25) is 11.6 Å². The van der Waals surface area contributed by atoms with Crippen LogP contribution in [-0.2, 0) is 38.0 Å². The van der Waals surface area contributed by atoms with Gasteiger partial charge in [-0.25, -0.2) is 9.59 Å². The molecule has 0 N–H and O–H groups in total. The second kappa shape index (κ2) is 6.04. The summed E-state index contributed by atoms with van der Waals surface area (Å²) >= 11 is 0. The Balaban J connectivity index is 3.18. The molecule has 0 unspecified atom stereocenters. The van der Waals surface area contributed by atoms with Crippen LogP contribution in [0.25, 0.3) is 0 Å². The van der Waals surface area contributed by atoms with Crippen LogP contribution in [0.5, 0.6) is 0 Å². The van der Waals surface area contributed by atoms with Crippen LogP contribution in [0, 0.1) is 0 Å². The molecule has 0 aliphatic carbocycles. The van der Waals surface area contributed by atoms with Crippen LogP contribution in [-0.4, -0.2) is 64.2 Å². The molecule has 1 aliphatic rings. The van der Waals surface area contributed by atoms with Gasteiger partial charge in [0.25, 0.3) is 0 Å². The molecule has 116 valence electrons. The van der Waals surface area contributed by atoms with E-state index in [4.69, 9.17) is 18.9 Å². The number of carbonyl (C=O) groups excluding carboxylic acids is 2. The van der Waals surface area contributed by atoms with Crippen molar-refractivity contribution in [3.05, 3.63) is 0 Å². The van der Waals surface area contributed by atoms with Gasteiger partial charge in [-0.3, -0.25) is 0 Å². The van der Waals surface area contributed by atoms with Crippen molar-refractivity contribution in [2.24, 2.45) is 0 Å². The van der Waals surface area contributed by atoms with E-state index in [2.05, 4.69) is 9.47 Å². The molecule has 0 radical (unpaired) electrons. The van der Waals surface area contributed by atoms with E-state index in [9.17, 15) is 9.59 Å². The molecule has 0 bridgehead atoms. The molecule has 1 heterocycles. The van der Waals surface area contributed by atoms with Gasteiger partial charge in [0, 0.05) is 14.2 Å². The molecular formula is C12H20O8. The van der Waals surface area contributed by atoms with Crippen LogP contribution in [0.4, 0.5) is 0 Å². The number of hydrogen-bond donors (Lipinski definition) is 0. The summed E-state index contributed by atoms with van der Waals surface area (Å²) < 4.78 is 30.8. The lowest BCUT2D eigenvalue weighted by atomic mass is 10.0. The van der Waals surface area contributed by atoms with Crippen molar-refractivity contribution in [1.29, 1.82) is 0 Å². The second-order valence-corrected chi connectivity index (χ2v) is 4.42. The number of ether oxygens (including phenoxy) is 6. The third-order valence-electron chi connectivity index (χ3n) is 3.45. The summed E-state index contributed by atoms with van der Waals surface area (Å²) in [5.74, 6) is -4.38. The first-order valence-electron chi connectivity index (χ1n) is 5.90. The summed E-state index contributed by atoms with van der Waals surface area (Å²) in [6.07, 6.45) is -2.64. The zero-order valence-electron chi connectivity index (χ0n) is 12.4. The minimum absolute atomic E-state index is 0.776. The summed E-state index contributed by atoms with van der Waals surface area (Å²) in [6, 6.07) is 0. The standard InChI is InChI=1S/C12H20O8/c1-11(17-5)12(2,18-6)20-8(10(14)16-4)7(19-11)9(13)15-3/h7-8H,1-6H3/t7-,8-,11-,12-/m1/s1. The van der Waals surface area contributed by atoms with E-state index in [1.807, 2.05) is 0 Å². The van der Waals surface area contributed by atoms with Crippen molar-refractivity contribution in [3.63, 3.8) is 0 Å². The van der Waals surface area contributed by atoms with E-state index in [1.54, 1.807) is 0 Å². The number of hydrogen-bond acceptors (Lipinski definition) is 8. The van der Waals surface area contributed by atoms with Gasteiger partial charge >= 0.3 is 11.9 Å². The number of esters is 2. The molecule has 1 rings (SSSR count). The van der Waals surface area contributed by atoms with Gasteiger partial charge in [0.1, 0.15) is 0 Å². The number of carbonyl (C=O) groups is 2. The Morgan fingerprint density at radius 1 is 0.800 bits per heavy atom. The maximum Gasteiger partial charge on any atom is 0.338 e. The maximum absolute atomic E-state index is 11.8. The van der Waals surface area contributed by atoms with Crippen LogP contribution >= 0.6 is 0 Å². The summed E-state index contributed by atoms with van der Waals surface area (Å²) in [6.45, 7) is 3.06. The highest BCUT2D eigenvalue weighted by molar-refractivity contribution is 5.85. The molecule has 8 heteroatoms. The topological polar surface area (TPSA) is 89.5 Å². The molecule has 0 amide bonds. The van der Waals surface area contributed by atoms with Gasteiger partial charge in [0.15, 0.2) is 12.2 Å². The highest BCUT2D eigenvalue weighted by atomic mass is 16.8. The highest BCUT2D eigenvalue weighted by Crippen LogP contribution is 2.39. The van der Waals surface area contributed by atoms with Gasteiger partial charge in [-0.1, -0.05) is 0 Å². The van der Waals surface area contributed by atoms with Crippen molar-refractivity contribution in [2.45, 2.75) is 37.6 Å². The van der Waals surface area contributed by atoms with Crippen LogP contribution in [0.1, 0.15) is 13.8 Å². The molecule has 0 aromatic heterocycles. The first-order valence-corrected chi connectivity index (χ1v) is 5.90. The van der Waals surface area contributed by atoms with E-state index < -0.39 is 35.7 Å². The Bertz CT molecular complexity index is 348. The minimum Gasteiger partial charge on any atom is -0.467 e. The molecule has 0 aromatic rings. The Kier molecular flexibility index (Phi) is 5.09. The lowest BCUT2D eigenvalue weighted by Crippen LogP contribution is -2.68. The average molecular weight is 292 g/mol. The monoisotopic (exact) mass is 292 g/mol. The van der Waals surface area contributed by atoms with E-state index >= 15 is 0 Å². The van der Waals surface area contributed by atoms with Gasteiger partial charge < -0.3 is 28.4 Å². The average Bonchev–Trinajstić information content (AvgIpc) is 2.47. The Hall–Kier alpha value is -1.22. The van der Waals surface area contributed by atoms with Crippen molar-refractivity contribution < 1.29 is 38.0 Å². The van der Waals surface area contributed by atoms with Gasteiger partial charge in [-0.05, 0) is 13.8 Å². The van der Waals surface area contributed by atoms with Crippen molar-refractivity contribution in [1.82, 2.24) is 0 Å². The fraction of sp³-hybridized carbons (Fsp3) is 0.833. The molecule has 1 fully saturated rings. The van der Waals surface area contributed by atoms with E-state index in [-0.39, 0.29) is 0 Å². The molecular weight excluding hydrogens is 272 g/mol. The predicted molar refractivity (Wildman–Crippen MR) is 64.6 cm³/mol. The smallest absolute Gasteiger partial charge is 0.338 e. The molecule has 8 nitrogen and oxygen atoms in total. The molecule has 20 heavy (non-hydrogen) atoms. The minimum atomic E-state index is -1.41. The summed E-state index contributed by atoms with van der Waals surface area (Å²) in [7, 11) is 5.09. The quantitative estimate of drug-likeness (QED) is 0.660. The molecule has 0 saturated carbocycles. The maximum atomic E-state index is 11.8. The first-order chi connectivity index (χ1) is 9.28. The molecule has 4 atom stereocenters. The number of methoxy groups -OCH3 is 4. The SMILES string of the molecule is COC(=O)[C@@H]1O[C@@](C)(OC)[C@](C)(OC)O[C@H]1C(=O)OC. The third kappa shape index (κ3) is 2.64. The number of rotatable bonds is 4. The van der Waals surface area contributed by atoms with E-state index in [0.29, 0.717) is 0 Å².